The van der Waals surface area contributed by atoms with Crippen LogP contribution in [0.25, 0.3) is 5.78 Å². The highest BCUT2D eigenvalue weighted by molar-refractivity contribution is 5.91. The number of carbonyl (C=O) groups is 2. The summed E-state index contributed by atoms with van der Waals surface area (Å²) >= 11 is 0. The first-order valence-electron chi connectivity index (χ1n) is 15.9. The molecule has 3 aliphatic rings. The van der Waals surface area contributed by atoms with Crippen molar-refractivity contribution in [3.05, 3.63) is 35.9 Å². The molecule has 0 aromatic carbocycles. The van der Waals surface area contributed by atoms with E-state index in [2.05, 4.69) is 30.5 Å². The number of imidazole rings is 1. The standard InChI is InChI=1S/C30H39F4N9O4/c1-17(2)43-24(35-16-37-43)25(44)40-23(18-4-7-29(31,32)8-5-18)20-14-42-27(39-20)38-19(13-36-42)21-12-28(3,46)10-11-41(21)26(45)22-6-9-30(33,34)15-47-22/h13-14,16-18,21-23,46H,4-12,15H2,1-3H3,(H,40,44)/t21-,22-,23-,28+/m0/s1. The van der Waals surface area contributed by atoms with E-state index in [0.29, 0.717) is 11.4 Å². The number of aliphatic hydroxyl groups is 1. The Bertz CT molecular complexity index is 1610. The molecule has 3 aromatic rings. The zero-order chi connectivity index (χ0) is 33.7. The minimum atomic E-state index is -2.99. The summed E-state index contributed by atoms with van der Waals surface area (Å²) in [5, 5.41) is 22.5. The predicted molar refractivity (Wildman–Crippen MR) is 157 cm³/mol. The molecular formula is C30H39F4N9O4. The number of piperidine rings is 1. The van der Waals surface area contributed by atoms with Crippen LogP contribution in [0.1, 0.15) is 112 Å². The molecule has 0 bridgehead atoms. The molecule has 2 N–H and O–H groups in total. The highest BCUT2D eigenvalue weighted by Gasteiger charge is 2.45. The number of hydrogen-bond donors (Lipinski definition) is 2. The lowest BCUT2D eigenvalue weighted by Crippen LogP contribution is -2.52. The minimum absolute atomic E-state index is 0.0770. The Morgan fingerprint density at radius 1 is 1.04 bits per heavy atom. The smallest absolute Gasteiger partial charge is 0.289 e. The van der Waals surface area contributed by atoms with Gasteiger partial charge in [0, 0.05) is 38.3 Å². The molecule has 256 valence electrons. The first-order valence-corrected chi connectivity index (χ1v) is 15.9. The van der Waals surface area contributed by atoms with Gasteiger partial charge >= 0.3 is 0 Å². The number of ether oxygens (including phenoxy) is 1. The van der Waals surface area contributed by atoms with Crippen molar-refractivity contribution in [1.29, 1.82) is 0 Å². The van der Waals surface area contributed by atoms with Crippen molar-refractivity contribution < 1.29 is 37.0 Å². The number of rotatable bonds is 7. The molecule has 2 saturated heterocycles. The van der Waals surface area contributed by atoms with Gasteiger partial charge in [-0.1, -0.05) is 0 Å². The molecule has 6 rings (SSSR count). The second kappa shape index (κ2) is 12.4. The molecule has 1 saturated carbocycles. The van der Waals surface area contributed by atoms with Gasteiger partial charge in [0.25, 0.3) is 23.5 Å². The molecule has 2 aliphatic heterocycles. The number of carbonyl (C=O) groups excluding carboxylic acids is 2. The van der Waals surface area contributed by atoms with E-state index in [4.69, 9.17) is 4.74 Å². The van der Waals surface area contributed by atoms with Crippen molar-refractivity contribution in [1.82, 2.24) is 44.6 Å². The van der Waals surface area contributed by atoms with Crippen LogP contribution in [0.2, 0.25) is 0 Å². The van der Waals surface area contributed by atoms with Crippen molar-refractivity contribution in [3.63, 3.8) is 0 Å². The SMILES string of the molecule is CC(C)n1ncnc1C(=O)N[C@H](c1cn2ncc([C@@H]3C[C@](C)(O)CCN3C(=O)[C@@H]3CCC(F)(F)CO3)nc2n1)C1CCC(F)(F)CC1. The summed E-state index contributed by atoms with van der Waals surface area (Å²) in [5.41, 5.74) is -0.445. The lowest BCUT2D eigenvalue weighted by molar-refractivity contribution is -0.175. The summed E-state index contributed by atoms with van der Waals surface area (Å²) in [4.78, 5) is 41.8. The van der Waals surface area contributed by atoms with Crippen LogP contribution in [0.15, 0.2) is 18.7 Å². The Morgan fingerprint density at radius 3 is 2.45 bits per heavy atom. The van der Waals surface area contributed by atoms with Crippen LogP contribution >= 0.6 is 0 Å². The van der Waals surface area contributed by atoms with Gasteiger partial charge in [0.05, 0.1) is 41.5 Å². The summed E-state index contributed by atoms with van der Waals surface area (Å²) in [6.07, 6.45) is 2.70. The molecule has 47 heavy (non-hydrogen) atoms. The molecule has 0 radical (unpaired) electrons. The average molecular weight is 666 g/mol. The van der Waals surface area contributed by atoms with E-state index < -0.39 is 60.5 Å². The number of likely N-dealkylation sites (tertiary alicyclic amines) is 1. The third-order valence-electron chi connectivity index (χ3n) is 9.40. The van der Waals surface area contributed by atoms with Gasteiger partial charge in [-0.05, 0) is 52.4 Å². The number of amides is 2. The van der Waals surface area contributed by atoms with Gasteiger partial charge in [0.2, 0.25) is 11.7 Å². The molecule has 17 heteroatoms. The van der Waals surface area contributed by atoms with E-state index in [9.17, 15) is 32.3 Å². The minimum Gasteiger partial charge on any atom is -0.390 e. The Kier molecular flexibility index (Phi) is 8.74. The largest absolute Gasteiger partial charge is 0.390 e. The maximum absolute atomic E-state index is 14.1. The van der Waals surface area contributed by atoms with Crippen LogP contribution in [0.5, 0.6) is 0 Å². The van der Waals surface area contributed by atoms with Crippen LogP contribution in [0.4, 0.5) is 17.6 Å². The lowest BCUT2D eigenvalue weighted by Gasteiger charge is -2.43. The van der Waals surface area contributed by atoms with Crippen molar-refractivity contribution in [3.8, 4) is 0 Å². The maximum atomic E-state index is 14.1. The van der Waals surface area contributed by atoms with Crippen LogP contribution in [-0.4, -0.2) is 92.9 Å². The van der Waals surface area contributed by atoms with Crippen molar-refractivity contribution >= 4 is 17.6 Å². The summed E-state index contributed by atoms with van der Waals surface area (Å²) in [7, 11) is 0. The van der Waals surface area contributed by atoms with Crippen LogP contribution < -0.4 is 5.32 Å². The molecule has 13 nitrogen and oxygen atoms in total. The number of aromatic nitrogens is 7. The number of fused-ring (bicyclic) bond motifs is 1. The summed E-state index contributed by atoms with van der Waals surface area (Å²) < 4.78 is 63.8. The van der Waals surface area contributed by atoms with Crippen molar-refractivity contribution in [2.75, 3.05) is 13.2 Å². The van der Waals surface area contributed by atoms with Gasteiger partial charge in [0.1, 0.15) is 19.0 Å². The zero-order valence-electron chi connectivity index (χ0n) is 26.5. The molecule has 3 fully saturated rings. The van der Waals surface area contributed by atoms with E-state index >= 15 is 0 Å². The van der Waals surface area contributed by atoms with Gasteiger partial charge in [-0.2, -0.15) is 10.2 Å². The van der Waals surface area contributed by atoms with Gasteiger partial charge in [-0.25, -0.2) is 41.7 Å². The second-order valence-electron chi connectivity index (χ2n) is 13.6. The number of alkyl halides is 4. The number of nitrogens with zero attached hydrogens (tertiary/aromatic N) is 8. The van der Waals surface area contributed by atoms with Gasteiger partial charge in [-0.3, -0.25) is 9.59 Å². The Hall–Kier alpha value is -3.73. The monoisotopic (exact) mass is 665 g/mol. The fourth-order valence-corrected chi connectivity index (χ4v) is 6.72. The molecule has 2 amide bonds. The highest BCUT2D eigenvalue weighted by Crippen LogP contribution is 2.42. The summed E-state index contributed by atoms with van der Waals surface area (Å²) in [6, 6.07) is -1.66. The van der Waals surface area contributed by atoms with Gasteiger partial charge in [-0.15, -0.1) is 0 Å². The quantitative estimate of drug-likeness (QED) is 0.359. The Morgan fingerprint density at radius 2 is 1.77 bits per heavy atom. The van der Waals surface area contributed by atoms with E-state index in [1.807, 2.05) is 13.8 Å². The first-order chi connectivity index (χ1) is 22.1. The molecule has 3 aromatic heterocycles. The average Bonchev–Trinajstić information content (AvgIpc) is 3.67. The number of nitrogens with one attached hydrogen (secondary N) is 1. The van der Waals surface area contributed by atoms with E-state index in [1.165, 1.54) is 26.6 Å². The molecule has 1 aliphatic carbocycles. The van der Waals surface area contributed by atoms with Gasteiger partial charge < -0.3 is 20.1 Å². The molecular weight excluding hydrogens is 626 g/mol. The Labute approximate surface area is 268 Å². The molecule has 0 unspecified atom stereocenters. The topological polar surface area (TPSA) is 153 Å². The number of halogens is 4. The highest BCUT2D eigenvalue weighted by atomic mass is 19.3. The van der Waals surface area contributed by atoms with Crippen LogP contribution in [-0.2, 0) is 9.53 Å². The fourth-order valence-electron chi connectivity index (χ4n) is 6.72. The predicted octanol–water partition coefficient (Wildman–Crippen LogP) is 3.82. The summed E-state index contributed by atoms with van der Waals surface area (Å²) in [5.74, 6) is -6.91. The van der Waals surface area contributed by atoms with Gasteiger partial charge in [0.15, 0.2) is 0 Å². The lowest BCUT2D eigenvalue weighted by atomic mass is 9.81. The first kappa shape index (κ1) is 33.2. The third-order valence-corrected chi connectivity index (χ3v) is 9.40. The van der Waals surface area contributed by atoms with E-state index in [-0.39, 0.29) is 75.1 Å². The second-order valence-corrected chi connectivity index (χ2v) is 13.6. The van der Waals surface area contributed by atoms with Crippen LogP contribution in [0, 0.1) is 5.92 Å². The van der Waals surface area contributed by atoms with E-state index in [0.717, 1.165) is 0 Å². The fraction of sp³-hybridized carbons (Fsp3) is 0.700. The zero-order valence-corrected chi connectivity index (χ0v) is 26.5. The molecule has 5 heterocycles. The molecule has 0 spiro atoms. The maximum Gasteiger partial charge on any atom is 0.289 e. The molecule has 4 atom stereocenters. The van der Waals surface area contributed by atoms with E-state index in [1.54, 1.807) is 13.1 Å². The number of hydrogen-bond acceptors (Lipinski definition) is 9. The van der Waals surface area contributed by atoms with Crippen LogP contribution in [0.3, 0.4) is 0 Å². The normalized spacial score (nSPS) is 27.2. The summed E-state index contributed by atoms with van der Waals surface area (Å²) in [6.45, 7) is 4.67. The van der Waals surface area contributed by atoms with Crippen molar-refractivity contribution in [2.45, 2.75) is 114 Å². The van der Waals surface area contributed by atoms with Crippen molar-refractivity contribution in [2.24, 2.45) is 5.92 Å². The Balaban J connectivity index is 1.29. The third kappa shape index (κ3) is 7.10.